The summed E-state index contributed by atoms with van der Waals surface area (Å²) >= 11 is 0. The number of benzene rings is 1. The Hall–Kier alpha value is -1.55. The third kappa shape index (κ3) is 3.05. The summed E-state index contributed by atoms with van der Waals surface area (Å²) in [5, 5.41) is 0. The first-order valence-corrected chi connectivity index (χ1v) is 7.89. The molecule has 2 atom stereocenters. The van der Waals surface area contributed by atoms with Crippen LogP contribution in [0.1, 0.15) is 25.3 Å². The van der Waals surface area contributed by atoms with Gasteiger partial charge in [-0.15, -0.1) is 0 Å². The lowest BCUT2D eigenvalue weighted by Gasteiger charge is -2.39. The zero-order valence-electron chi connectivity index (χ0n) is 12.9. The van der Waals surface area contributed by atoms with E-state index in [1.807, 2.05) is 31.2 Å². The highest BCUT2D eigenvalue weighted by Crippen LogP contribution is 2.28. The zero-order chi connectivity index (χ0) is 14.8. The highest BCUT2D eigenvalue weighted by Gasteiger charge is 2.38. The largest absolute Gasteiger partial charge is 0.494 e. The Morgan fingerprint density at radius 1 is 1.19 bits per heavy atom. The standard InChI is InChI=1S/C17H24N2O2/c1-3-21-16-8-4-13(5-9-16)10-17(20)19-11-14-6-7-15(12-19)18(14)2/h4-5,8-9,14-15H,3,6-7,10-12H2,1-2H3. The van der Waals surface area contributed by atoms with Crippen LogP contribution in [0, 0.1) is 0 Å². The van der Waals surface area contributed by atoms with Crippen molar-refractivity contribution in [2.45, 2.75) is 38.3 Å². The van der Waals surface area contributed by atoms with E-state index in [2.05, 4.69) is 16.8 Å². The summed E-state index contributed by atoms with van der Waals surface area (Å²) in [6, 6.07) is 9.00. The van der Waals surface area contributed by atoms with Gasteiger partial charge >= 0.3 is 0 Å². The molecule has 2 saturated heterocycles. The smallest absolute Gasteiger partial charge is 0.227 e. The van der Waals surface area contributed by atoms with Gasteiger partial charge in [-0.2, -0.15) is 0 Å². The summed E-state index contributed by atoms with van der Waals surface area (Å²) < 4.78 is 5.43. The maximum absolute atomic E-state index is 12.5. The molecule has 0 saturated carbocycles. The first kappa shape index (κ1) is 14.4. The van der Waals surface area contributed by atoms with Crippen molar-refractivity contribution in [3.63, 3.8) is 0 Å². The van der Waals surface area contributed by atoms with Gasteiger partial charge in [0.15, 0.2) is 0 Å². The van der Waals surface area contributed by atoms with E-state index in [4.69, 9.17) is 4.74 Å². The Morgan fingerprint density at radius 3 is 2.38 bits per heavy atom. The molecule has 0 N–H and O–H groups in total. The summed E-state index contributed by atoms with van der Waals surface area (Å²) in [5.41, 5.74) is 1.06. The SMILES string of the molecule is CCOc1ccc(CC(=O)N2CC3CCC(C2)N3C)cc1. The number of piperazine rings is 1. The number of nitrogens with zero attached hydrogens (tertiary/aromatic N) is 2. The summed E-state index contributed by atoms with van der Waals surface area (Å²) in [4.78, 5) is 17.0. The minimum absolute atomic E-state index is 0.254. The first-order chi connectivity index (χ1) is 10.2. The van der Waals surface area contributed by atoms with Crippen LogP contribution in [0.3, 0.4) is 0 Å². The molecule has 0 aromatic heterocycles. The minimum atomic E-state index is 0.254. The third-order valence-corrected chi connectivity index (χ3v) is 4.79. The topological polar surface area (TPSA) is 32.8 Å². The van der Waals surface area contributed by atoms with Crippen molar-refractivity contribution in [3.05, 3.63) is 29.8 Å². The van der Waals surface area contributed by atoms with Crippen LogP contribution < -0.4 is 4.74 Å². The number of ether oxygens (including phenoxy) is 1. The molecule has 2 fully saturated rings. The molecule has 3 rings (SSSR count). The van der Waals surface area contributed by atoms with Crippen LogP contribution in [-0.4, -0.2) is 54.5 Å². The van der Waals surface area contributed by atoms with Gasteiger partial charge in [0.1, 0.15) is 5.75 Å². The number of carbonyl (C=O) groups is 1. The van der Waals surface area contributed by atoms with E-state index in [9.17, 15) is 4.79 Å². The van der Waals surface area contributed by atoms with Crippen LogP contribution in [0.5, 0.6) is 5.75 Å². The van der Waals surface area contributed by atoms with Crippen molar-refractivity contribution in [1.29, 1.82) is 0 Å². The molecule has 2 bridgehead atoms. The first-order valence-electron chi connectivity index (χ1n) is 7.89. The molecule has 2 heterocycles. The van der Waals surface area contributed by atoms with Crippen LogP contribution in [0.25, 0.3) is 0 Å². The zero-order valence-corrected chi connectivity index (χ0v) is 12.9. The van der Waals surface area contributed by atoms with Crippen LogP contribution in [0.15, 0.2) is 24.3 Å². The second-order valence-electron chi connectivity index (χ2n) is 6.10. The van der Waals surface area contributed by atoms with Crippen LogP contribution in [-0.2, 0) is 11.2 Å². The monoisotopic (exact) mass is 288 g/mol. The molecule has 4 nitrogen and oxygen atoms in total. The van der Waals surface area contributed by atoms with E-state index in [0.29, 0.717) is 25.1 Å². The molecular weight excluding hydrogens is 264 g/mol. The molecule has 0 aliphatic carbocycles. The normalized spacial score (nSPS) is 25.1. The van der Waals surface area contributed by atoms with E-state index in [1.54, 1.807) is 0 Å². The van der Waals surface area contributed by atoms with Crippen LogP contribution in [0.4, 0.5) is 0 Å². The maximum atomic E-state index is 12.5. The highest BCUT2D eigenvalue weighted by molar-refractivity contribution is 5.79. The average Bonchev–Trinajstić information content (AvgIpc) is 2.71. The molecule has 0 radical (unpaired) electrons. The van der Waals surface area contributed by atoms with Crippen LogP contribution in [0.2, 0.25) is 0 Å². The summed E-state index contributed by atoms with van der Waals surface area (Å²) in [6.07, 6.45) is 2.96. The molecule has 2 aliphatic heterocycles. The lowest BCUT2D eigenvalue weighted by Crippen LogP contribution is -2.54. The van der Waals surface area contributed by atoms with Crippen molar-refractivity contribution < 1.29 is 9.53 Å². The second kappa shape index (κ2) is 6.06. The number of carbonyl (C=O) groups excluding carboxylic acids is 1. The number of hydrogen-bond donors (Lipinski definition) is 0. The molecule has 1 aromatic carbocycles. The van der Waals surface area contributed by atoms with Gasteiger partial charge in [-0.1, -0.05) is 12.1 Å². The van der Waals surface area contributed by atoms with E-state index in [1.165, 1.54) is 12.8 Å². The predicted octanol–water partition coefficient (Wildman–Crippen LogP) is 1.93. The van der Waals surface area contributed by atoms with Gasteiger partial charge in [-0.25, -0.2) is 0 Å². The molecule has 1 aromatic rings. The lowest BCUT2D eigenvalue weighted by atomic mass is 10.1. The number of fused-ring (bicyclic) bond motifs is 2. The molecule has 2 aliphatic rings. The molecule has 21 heavy (non-hydrogen) atoms. The molecule has 4 heteroatoms. The lowest BCUT2D eigenvalue weighted by molar-refractivity contribution is -0.133. The van der Waals surface area contributed by atoms with E-state index < -0.39 is 0 Å². The van der Waals surface area contributed by atoms with Crippen molar-refractivity contribution in [2.24, 2.45) is 0 Å². The number of hydrogen-bond acceptors (Lipinski definition) is 3. The molecular formula is C17H24N2O2. The highest BCUT2D eigenvalue weighted by atomic mass is 16.5. The van der Waals surface area contributed by atoms with E-state index in [0.717, 1.165) is 24.4 Å². The molecule has 114 valence electrons. The average molecular weight is 288 g/mol. The Balaban J connectivity index is 1.59. The quantitative estimate of drug-likeness (QED) is 0.849. The third-order valence-electron chi connectivity index (χ3n) is 4.79. The fourth-order valence-electron chi connectivity index (χ4n) is 3.47. The van der Waals surface area contributed by atoms with Crippen molar-refractivity contribution in [3.8, 4) is 5.75 Å². The van der Waals surface area contributed by atoms with E-state index >= 15 is 0 Å². The van der Waals surface area contributed by atoms with Gasteiger partial charge in [-0.3, -0.25) is 9.69 Å². The number of amides is 1. The fraction of sp³-hybridized carbons (Fsp3) is 0.588. The van der Waals surface area contributed by atoms with Crippen LogP contribution >= 0.6 is 0 Å². The van der Waals surface area contributed by atoms with Gasteiger partial charge in [0, 0.05) is 25.2 Å². The summed E-state index contributed by atoms with van der Waals surface area (Å²) in [7, 11) is 2.19. The summed E-state index contributed by atoms with van der Waals surface area (Å²) in [6.45, 7) is 4.42. The van der Waals surface area contributed by atoms with Gasteiger partial charge < -0.3 is 9.64 Å². The Bertz CT molecular complexity index is 486. The van der Waals surface area contributed by atoms with Gasteiger partial charge in [0.2, 0.25) is 5.91 Å². The maximum Gasteiger partial charge on any atom is 0.227 e. The molecule has 1 amide bonds. The second-order valence-corrected chi connectivity index (χ2v) is 6.10. The van der Waals surface area contributed by atoms with Gasteiger partial charge in [0.05, 0.1) is 13.0 Å². The Morgan fingerprint density at radius 2 is 1.81 bits per heavy atom. The van der Waals surface area contributed by atoms with E-state index in [-0.39, 0.29) is 5.91 Å². The Kier molecular flexibility index (Phi) is 4.15. The van der Waals surface area contributed by atoms with Crippen molar-refractivity contribution in [2.75, 3.05) is 26.7 Å². The predicted molar refractivity (Wildman–Crippen MR) is 82.5 cm³/mol. The minimum Gasteiger partial charge on any atom is -0.494 e. The molecule has 2 unspecified atom stereocenters. The van der Waals surface area contributed by atoms with Crippen molar-refractivity contribution in [1.82, 2.24) is 9.80 Å². The number of likely N-dealkylation sites (tertiary alicyclic amines) is 1. The van der Waals surface area contributed by atoms with Crippen molar-refractivity contribution >= 4 is 5.91 Å². The molecule has 0 spiro atoms. The summed E-state index contributed by atoms with van der Waals surface area (Å²) in [5.74, 6) is 1.12. The number of rotatable bonds is 4. The fourth-order valence-corrected chi connectivity index (χ4v) is 3.47. The Labute approximate surface area is 126 Å². The number of likely N-dealkylation sites (N-methyl/N-ethyl adjacent to an activating group) is 1. The van der Waals surface area contributed by atoms with Gasteiger partial charge in [-0.05, 0) is 44.5 Å². The van der Waals surface area contributed by atoms with Gasteiger partial charge in [0.25, 0.3) is 0 Å².